The summed E-state index contributed by atoms with van der Waals surface area (Å²) in [7, 11) is 0. The Labute approximate surface area is 292 Å². The molecule has 0 spiro atoms. The minimum atomic E-state index is -4.55. The van der Waals surface area contributed by atoms with Crippen LogP contribution in [-0.2, 0) is 14.4 Å². The lowest BCUT2D eigenvalue weighted by atomic mass is 9.84. The van der Waals surface area contributed by atoms with E-state index in [1.54, 1.807) is 11.8 Å². The SMILES string of the molecule is CCC1C(N2CCN(C(=O)C3NCNC(C)C3O)CC2)C(=O)C2NC(/C=C/C(F)(F)F)CNC2N1CC(=O)NC1CCC(C(F)(F)F)CC1Cl. The van der Waals surface area contributed by atoms with E-state index in [0.29, 0.717) is 26.2 Å². The van der Waals surface area contributed by atoms with Crippen LogP contribution in [-0.4, -0.2) is 156 Å². The summed E-state index contributed by atoms with van der Waals surface area (Å²) in [6, 6.07) is -4.89. The number of carbonyl (C=O) groups excluding carboxylic acids is 3. The van der Waals surface area contributed by atoms with Gasteiger partial charge in [-0.3, -0.25) is 45.5 Å². The molecule has 1 saturated carbocycles. The van der Waals surface area contributed by atoms with Gasteiger partial charge in [0.25, 0.3) is 0 Å². The topological polar surface area (TPSA) is 141 Å². The molecule has 12 nitrogen and oxygen atoms in total. The van der Waals surface area contributed by atoms with Gasteiger partial charge in [-0.05, 0) is 32.6 Å². The molecule has 4 saturated heterocycles. The Morgan fingerprint density at radius 3 is 2.38 bits per heavy atom. The van der Waals surface area contributed by atoms with Gasteiger partial charge in [0.1, 0.15) is 6.04 Å². The number of fused-ring (bicyclic) bond motifs is 1. The fourth-order valence-electron chi connectivity index (χ4n) is 8.00. The first kappa shape index (κ1) is 39.2. The molecule has 0 aromatic carbocycles. The molecule has 5 fully saturated rings. The summed E-state index contributed by atoms with van der Waals surface area (Å²) in [6.07, 6.45) is -9.59. The van der Waals surface area contributed by atoms with E-state index in [9.17, 15) is 45.8 Å². The number of aliphatic hydroxyl groups excluding tert-OH is 1. The highest BCUT2D eigenvalue weighted by atomic mass is 35.5. The van der Waals surface area contributed by atoms with Crippen molar-refractivity contribution in [2.24, 2.45) is 5.92 Å². The van der Waals surface area contributed by atoms with Crippen LogP contribution < -0.4 is 26.6 Å². The van der Waals surface area contributed by atoms with Gasteiger partial charge in [0.05, 0.1) is 42.2 Å². The van der Waals surface area contributed by atoms with Crippen LogP contribution in [0.3, 0.4) is 0 Å². The summed E-state index contributed by atoms with van der Waals surface area (Å²) in [5.74, 6) is -2.55. The number of ketones is 1. The van der Waals surface area contributed by atoms with Crippen molar-refractivity contribution in [3.05, 3.63) is 12.2 Å². The lowest BCUT2D eigenvalue weighted by molar-refractivity contribution is -0.182. The molecule has 5 aliphatic rings. The lowest BCUT2D eigenvalue weighted by Gasteiger charge is -2.55. The quantitative estimate of drug-likeness (QED) is 0.122. The largest absolute Gasteiger partial charge is 0.409 e. The van der Waals surface area contributed by atoms with E-state index in [0.717, 1.165) is 6.08 Å². The first-order chi connectivity index (χ1) is 23.5. The summed E-state index contributed by atoms with van der Waals surface area (Å²) in [5, 5.41) is 24.7. The maximum Gasteiger partial charge on any atom is 0.409 e. The van der Waals surface area contributed by atoms with Crippen molar-refractivity contribution in [3.63, 3.8) is 0 Å². The molecule has 0 aromatic heterocycles. The molecule has 11 unspecified atom stereocenters. The van der Waals surface area contributed by atoms with E-state index in [2.05, 4.69) is 26.6 Å². The van der Waals surface area contributed by atoms with Gasteiger partial charge in [-0.25, -0.2) is 0 Å². The van der Waals surface area contributed by atoms with Crippen molar-refractivity contribution in [1.82, 2.24) is 41.3 Å². The predicted octanol–water partition coefficient (Wildman–Crippen LogP) is 0.260. The number of allylic oxidation sites excluding steroid dienone is 1. The van der Waals surface area contributed by atoms with Gasteiger partial charge < -0.3 is 15.3 Å². The van der Waals surface area contributed by atoms with Crippen molar-refractivity contribution in [2.45, 2.75) is 112 Å². The maximum atomic E-state index is 14.3. The summed E-state index contributed by atoms with van der Waals surface area (Å²) >= 11 is 6.32. The third kappa shape index (κ3) is 8.93. The minimum absolute atomic E-state index is 0.0431. The second kappa shape index (κ2) is 15.9. The normalized spacial score (nSPS) is 38.2. The number of amides is 2. The Morgan fingerprint density at radius 2 is 1.76 bits per heavy atom. The number of carbonyl (C=O) groups is 3. The zero-order valence-electron chi connectivity index (χ0n) is 27.9. The number of aliphatic hydroxyl groups is 1. The molecule has 5 rings (SSSR count). The molecule has 0 bridgehead atoms. The number of Topliss-reactive ketones (excluding diaryl/α,β-unsaturated/α-hetero) is 1. The molecule has 6 N–H and O–H groups in total. The number of nitrogens with one attached hydrogen (secondary N) is 5. The van der Waals surface area contributed by atoms with Crippen LogP contribution in [0.25, 0.3) is 0 Å². The van der Waals surface area contributed by atoms with Gasteiger partial charge in [0.2, 0.25) is 11.8 Å². The molecule has 4 aliphatic heterocycles. The number of alkyl halides is 7. The summed E-state index contributed by atoms with van der Waals surface area (Å²) in [4.78, 5) is 46.5. The number of piperazine rings is 2. The fraction of sp³-hybridized carbons (Fsp3) is 0.839. The monoisotopic (exact) mass is 744 g/mol. The highest BCUT2D eigenvalue weighted by Gasteiger charge is 2.53. The summed E-state index contributed by atoms with van der Waals surface area (Å²) in [6.45, 7) is 4.94. The molecule has 4 heterocycles. The van der Waals surface area contributed by atoms with Crippen LogP contribution in [0.2, 0.25) is 0 Å². The highest BCUT2D eigenvalue weighted by molar-refractivity contribution is 6.21. The molecular weight excluding hydrogens is 698 g/mol. The number of likely N-dealkylation sites (tertiary alicyclic amines) is 1. The van der Waals surface area contributed by atoms with E-state index in [-0.39, 0.29) is 69.2 Å². The first-order valence-electron chi connectivity index (χ1n) is 17.2. The Hall–Kier alpha value is -2.06. The maximum absolute atomic E-state index is 14.3. The molecular formula is C31H47ClF6N8O4. The van der Waals surface area contributed by atoms with E-state index in [1.165, 1.54) is 0 Å². The zero-order chi connectivity index (χ0) is 36.5. The average Bonchev–Trinajstić information content (AvgIpc) is 3.06. The minimum Gasteiger partial charge on any atom is -0.389 e. The van der Waals surface area contributed by atoms with E-state index in [1.807, 2.05) is 16.7 Å². The Balaban J connectivity index is 1.32. The zero-order valence-corrected chi connectivity index (χ0v) is 28.7. The van der Waals surface area contributed by atoms with Crippen LogP contribution in [0.1, 0.15) is 39.5 Å². The molecule has 0 radical (unpaired) electrons. The van der Waals surface area contributed by atoms with Crippen LogP contribution in [0.4, 0.5) is 26.3 Å². The van der Waals surface area contributed by atoms with Crippen LogP contribution in [0.15, 0.2) is 12.2 Å². The number of nitrogens with zero attached hydrogens (tertiary/aromatic N) is 3. The second-order valence-corrected chi connectivity index (χ2v) is 14.5. The number of halogens is 7. The summed E-state index contributed by atoms with van der Waals surface area (Å²) < 4.78 is 78.9. The molecule has 0 aromatic rings. The highest BCUT2D eigenvalue weighted by Crippen LogP contribution is 2.39. The van der Waals surface area contributed by atoms with Gasteiger partial charge >= 0.3 is 12.4 Å². The van der Waals surface area contributed by atoms with Crippen LogP contribution >= 0.6 is 11.6 Å². The number of hydrogen-bond donors (Lipinski definition) is 6. The molecule has 11 atom stereocenters. The van der Waals surface area contributed by atoms with E-state index in [4.69, 9.17) is 11.6 Å². The molecule has 284 valence electrons. The predicted molar refractivity (Wildman–Crippen MR) is 171 cm³/mol. The van der Waals surface area contributed by atoms with Crippen molar-refractivity contribution in [3.8, 4) is 0 Å². The number of hydrogen-bond acceptors (Lipinski definition) is 10. The van der Waals surface area contributed by atoms with Gasteiger partial charge in [0.15, 0.2) is 5.78 Å². The lowest BCUT2D eigenvalue weighted by Crippen LogP contribution is -2.79. The summed E-state index contributed by atoms with van der Waals surface area (Å²) in [5.41, 5.74) is 0. The van der Waals surface area contributed by atoms with Crippen LogP contribution in [0, 0.1) is 5.92 Å². The number of piperidine rings is 1. The third-order valence-corrected chi connectivity index (χ3v) is 11.2. The number of rotatable bonds is 7. The van der Waals surface area contributed by atoms with Gasteiger partial charge in [-0.15, -0.1) is 11.6 Å². The average molecular weight is 745 g/mol. The van der Waals surface area contributed by atoms with Gasteiger partial charge in [0, 0.05) is 69.6 Å². The fourth-order valence-corrected chi connectivity index (χ4v) is 8.41. The first-order valence-corrected chi connectivity index (χ1v) is 17.6. The van der Waals surface area contributed by atoms with Gasteiger partial charge in [-0.2, -0.15) is 26.3 Å². The van der Waals surface area contributed by atoms with Gasteiger partial charge in [-0.1, -0.05) is 13.0 Å². The smallest absolute Gasteiger partial charge is 0.389 e. The van der Waals surface area contributed by atoms with E-state index >= 15 is 0 Å². The second-order valence-electron chi connectivity index (χ2n) is 13.9. The Morgan fingerprint density at radius 1 is 1.06 bits per heavy atom. The third-order valence-electron chi connectivity index (χ3n) is 10.7. The standard InChI is InChI=1S/C31H47ClF6N8O4/c1-3-21-25(44-8-10-45(11-9-44)29(50)24-26(48)16(2)40-15-41-24)27(49)23-28(39-13-18(42-23)6-7-30(33,34)35)46(21)14-22(47)43-20-5-4-17(12-19(20)32)31(36,37)38/h6-7,16-21,23-26,28,39-42,48H,3-5,8-15H2,1-2H3,(H,43,47)/b7-6+. The van der Waals surface area contributed by atoms with Crippen LogP contribution in [0.5, 0.6) is 0 Å². The van der Waals surface area contributed by atoms with E-state index < -0.39 is 78.1 Å². The van der Waals surface area contributed by atoms with Crippen molar-refractivity contribution < 1.29 is 45.8 Å². The Kier molecular flexibility index (Phi) is 12.4. The van der Waals surface area contributed by atoms with Crippen molar-refractivity contribution >= 4 is 29.2 Å². The molecule has 1 aliphatic carbocycles. The van der Waals surface area contributed by atoms with Crippen molar-refractivity contribution in [2.75, 3.05) is 45.9 Å². The van der Waals surface area contributed by atoms with Crippen molar-refractivity contribution in [1.29, 1.82) is 0 Å². The molecule has 19 heteroatoms. The Bertz CT molecular complexity index is 1250. The molecule has 50 heavy (non-hydrogen) atoms. The molecule has 2 amide bonds.